The Labute approximate surface area is 164 Å². The molecule has 0 aromatic carbocycles. The average Bonchev–Trinajstić information content (AvgIpc) is 3.03. The first-order valence-electron chi connectivity index (χ1n) is 11.7. The maximum absolute atomic E-state index is 13.4. The highest BCUT2D eigenvalue weighted by Gasteiger charge is 2.70. The molecule has 0 radical (unpaired) electrons. The van der Waals surface area contributed by atoms with Gasteiger partial charge in [0.25, 0.3) is 0 Å². The molecule has 2 rings (SSSR count). The summed E-state index contributed by atoms with van der Waals surface area (Å²) >= 11 is 0. The summed E-state index contributed by atoms with van der Waals surface area (Å²) in [5, 5.41) is 15.1. The predicted molar refractivity (Wildman–Crippen MR) is 98.6 cm³/mol. The van der Waals surface area contributed by atoms with Crippen LogP contribution in [0.1, 0.15) is 63.5 Å². The van der Waals surface area contributed by atoms with Crippen molar-refractivity contribution in [2.75, 3.05) is 6.54 Å². The maximum atomic E-state index is 13.4. The van der Waals surface area contributed by atoms with E-state index in [1.165, 1.54) is 0 Å². The fourth-order valence-corrected chi connectivity index (χ4v) is 3.57. The van der Waals surface area contributed by atoms with E-state index in [0.717, 1.165) is 4.90 Å². The van der Waals surface area contributed by atoms with Crippen molar-refractivity contribution in [1.82, 2.24) is 15.5 Å². The highest BCUT2D eigenvalue weighted by atomic mass is 16.4. The van der Waals surface area contributed by atoms with Crippen molar-refractivity contribution in [3.05, 3.63) is 0 Å². The Morgan fingerprint density at radius 3 is 2.19 bits per heavy atom. The van der Waals surface area contributed by atoms with Gasteiger partial charge in [0, 0.05) is 26.2 Å². The Kier molecular flexibility index (Phi) is 3.16. The van der Waals surface area contributed by atoms with Gasteiger partial charge in [0.2, 0.25) is 5.91 Å². The zero-order chi connectivity index (χ0) is 25.2. The molecule has 1 aliphatic heterocycles. The summed E-state index contributed by atoms with van der Waals surface area (Å²) in [6, 6.07) is -3.33. The molecule has 7 nitrogen and oxygen atoms in total. The number of likely N-dealkylation sites (tertiary alicyclic amines) is 1. The molecule has 26 heavy (non-hydrogen) atoms. The molecule has 4 atom stereocenters. The van der Waals surface area contributed by atoms with Gasteiger partial charge in [-0.3, -0.25) is 4.79 Å². The maximum Gasteiger partial charge on any atom is 0.326 e. The molecule has 0 bridgehead atoms. The van der Waals surface area contributed by atoms with Crippen LogP contribution >= 0.6 is 0 Å². The zero-order valence-electron chi connectivity index (χ0n) is 22.1. The first-order chi connectivity index (χ1) is 14.1. The van der Waals surface area contributed by atoms with Gasteiger partial charge in [-0.25, -0.2) is 9.59 Å². The molecular weight excluding hydrogens is 334 g/mol. The number of nitrogens with zero attached hydrogens (tertiary/aromatic N) is 1. The van der Waals surface area contributed by atoms with Crippen LogP contribution in [-0.2, 0) is 9.59 Å². The summed E-state index contributed by atoms with van der Waals surface area (Å²) in [6.45, 7) is 4.26. The lowest BCUT2D eigenvalue weighted by Crippen LogP contribution is -2.60. The number of carbonyl (C=O) groups is 3. The number of amides is 3. The molecule has 3 unspecified atom stereocenters. The molecule has 3 amide bonds. The van der Waals surface area contributed by atoms with Crippen LogP contribution in [0.15, 0.2) is 0 Å². The summed E-state index contributed by atoms with van der Waals surface area (Å²) < 4.78 is 47.0. The Hall–Kier alpha value is -1.79. The van der Waals surface area contributed by atoms with Gasteiger partial charge in [0.05, 0.1) is 0 Å². The molecule has 148 valence electrons. The standard InChI is InChI=1S/C19H33N3O4/c1-17(2,3)13(20-16(26)21-18(4,5)6)14(23)22-9-10-11(19(10,7)8)12(22)15(24)25/h10-13H,9H2,1-8H3,(H,24,25)(H2,20,21,26)/t10?,11?,12?,13-/m1/s1/i7D3,8D3. The second-order valence-corrected chi connectivity index (χ2v) is 9.42. The number of carboxylic acid groups (broad SMARTS) is 1. The van der Waals surface area contributed by atoms with Crippen molar-refractivity contribution in [3.63, 3.8) is 0 Å². The molecule has 1 saturated heterocycles. The van der Waals surface area contributed by atoms with Crippen LogP contribution < -0.4 is 10.6 Å². The lowest BCUT2D eigenvalue weighted by atomic mass is 9.85. The number of nitrogens with one attached hydrogen (secondary N) is 2. The monoisotopic (exact) mass is 373 g/mol. The molecule has 2 aliphatic rings. The second kappa shape index (κ2) is 6.13. The zero-order valence-corrected chi connectivity index (χ0v) is 16.1. The number of carboxylic acids is 1. The minimum Gasteiger partial charge on any atom is -0.480 e. The van der Waals surface area contributed by atoms with E-state index < -0.39 is 71.9 Å². The molecule has 0 spiro atoms. The Bertz CT molecular complexity index is 783. The molecule has 0 aromatic heterocycles. The normalized spacial score (nSPS) is 32.5. The van der Waals surface area contributed by atoms with Gasteiger partial charge < -0.3 is 20.6 Å². The van der Waals surface area contributed by atoms with Crippen LogP contribution in [0.4, 0.5) is 4.79 Å². The first kappa shape index (κ1) is 13.4. The van der Waals surface area contributed by atoms with E-state index in [1.54, 1.807) is 41.5 Å². The van der Waals surface area contributed by atoms with E-state index in [0.29, 0.717) is 0 Å². The van der Waals surface area contributed by atoms with E-state index in [9.17, 15) is 19.5 Å². The lowest BCUT2D eigenvalue weighted by Gasteiger charge is -2.37. The van der Waals surface area contributed by atoms with E-state index in [-0.39, 0.29) is 6.54 Å². The fraction of sp³-hybridized carbons (Fsp3) is 0.842. The quantitative estimate of drug-likeness (QED) is 0.705. The first-order valence-corrected chi connectivity index (χ1v) is 8.69. The number of carbonyl (C=O) groups excluding carboxylic acids is 2. The third-order valence-corrected chi connectivity index (χ3v) is 4.92. The highest BCUT2D eigenvalue weighted by molar-refractivity contribution is 5.92. The molecule has 3 N–H and O–H groups in total. The van der Waals surface area contributed by atoms with Gasteiger partial charge in [-0.05, 0) is 37.5 Å². The molecule has 1 heterocycles. The summed E-state index contributed by atoms with van der Waals surface area (Å²) in [4.78, 5) is 39.0. The largest absolute Gasteiger partial charge is 0.480 e. The average molecular weight is 374 g/mol. The molecule has 7 heteroatoms. The van der Waals surface area contributed by atoms with Gasteiger partial charge >= 0.3 is 12.0 Å². The molecule has 1 saturated carbocycles. The van der Waals surface area contributed by atoms with Gasteiger partial charge in [0.1, 0.15) is 12.1 Å². The Morgan fingerprint density at radius 1 is 1.19 bits per heavy atom. The van der Waals surface area contributed by atoms with Gasteiger partial charge in [-0.2, -0.15) is 0 Å². The highest BCUT2D eigenvalue weighted by Crippen LogP contribution is 2.64. The number of rotatable bonds is 3. The second-order valence-electron chi connectivity index (χ2n) is 9.42. The van der Waals surface area contributed by atoms with Crippen molar-refractivity contribution >= 4 is 17.9 Å². The summed E-state index contributed by atoms with van der Waals surface area (Å²) in [6.07, 6.45) is 0. The lowest BCUT2D eigenvalue weighted by molar-refractivity contribution is -0.152. The van der Waals surface area contributed by atoms with Crippen LogP contribution in [0.25, 0.3) is 0 Å². The van der Waals surface area contributed by atoms with E-state index >= 15 is 0 Å². The SMILES string of the molecule is [2H]C([2H])([2H])C1(C([2H])([2H])[2H])C2CN(C(=O)[C@@H](NC(=O)NC(C)(C)C)C(C)(C)C)C(C(=O)O)C21. The third kappa shape index (κ3) is 3.81. The van der Waals surface area contributed by atoms with E-state index in [4.69, 9.17) is 8.22 Å². The number of fused-ring (bicyclic) bond motifs is 1. The van der Waals surface area contributed by atoms with Crippen molar-refractivity contribution in [3.8, 4) is 0 Å². The molecule has 0 aromatic rings. The summed E-state index contributed by atoms with van der Waals surface area (Å²) in [5.41, 5.74) is -3.55. The Balaban J connectivity index is 2.38. The summed E-state index contributed by atoms with van der Waals surface area (Å²) in [5.74, 6) is -4.39. The van der Waals surface area contributed by atoms with Crippen molar-refractivity contribution in [1.29, 1.82) is 0 Å². The minimum atomic E-state index is -2.91. The van der Waals surface area contributed by atoms with Crippen LogP contribution in [0, 0.1) is 22.7 Å². The topological polar surface area (TPSA) is 98.7 Å². The third-order valence-electron chi connectivity index (χ3n) is 4.92. The van der Waals surface area contributed by atoms with Gasteiger partial charge in [0.15, 0.2) is 0 Å². The smallest absolute Gasteiger partial charge is 0.326 e. The van der Waals surface area contributed by atoms with Crippen molar-refractivity contribution < 1.29 is 27.7 Å². The van der Waals surface area contributed by atoms with E-state index in [2.05, 4.69) is 10.6 Å². The number of piperidine rings is 1. The van der Waals surface area contributed by atoms with E-state index in [1.807, 2.05) is 0 Å². The number of hydrogen-bond acceptors (Lipinski definition) is 3. The minimum absolute atomic E-state index is 0.313. The molecule has 1 aliphatic carbocycles. The summed E-state index contributed by atoms with van der Waals surface area (Å²) in [7, 11) is 0. The number of aliphatic carboxylic acids is 1. The number of hydrogen-bond donors (Lipinski definition) is 3. The molecular formula is C19H33N3O4. The van der Waals surface area contributed by atoms with Crippen LogP contribution in [0.2, 0.25) is 0 Å². The predicted octanol–water partition coefficient (Wildman–Crippen LogP) is 2.07. The van der Waals surface area contributed by atoms with Gasteiger partial charge in [-0.15, -0.1) is 0 Å². The fourth-order valence-electron chi connectivity index (χ4n) is 3.57. The Morgan fingerprint density at radius 2 is 1.77 bits per heavy atom. The van der Waals surface area contributed by atoms with Crippen molar-refractivity contribution in [2.45, 2.75) is 72.9 Å². The van der Waals surface area contributed by atoms with Crippen LogP contribution in [0.3, 0.4) is 0 Å². The van der Waals surface area contributed by atoms with Crippen LogP contribution in [-0.4, -0.2) is 52.1 Å². The van der Waals surface area contributed by atoms with Crippen LogP contribution in [0.5, 0.6) is 0 Å². The molecule has 2 fully saturated rings. The van der Waals surface area contributed by atoms with Crippen molar-refractivity contribution in [2.24, 2.45) is 22.7 Å². The number of urea groups is 1. The van der Waals surface area contributed by atoms with Gasteiger partial charge in [-0.1, -0.05) is 34.5 Å².